The van der Waals surface area contributed by atoms with Gasteiger partial charge >= 0.3 is 0 Å². The number of thiophene rings is 1. The molecule has 0 aliphatic heterocycles. The van der Waals surface area contributed by atoms with E-state index in [-0.39, 0.29) is 5.91 Å². The largest absolute Gasteiger partial charge is 0.273 e. The van der Waals surface area contributed by atoms with Crippen LogP contribution in [0.15, 0.2) is 12.3 Å². The number of nitriles is 1. The lowest BCUT2D eigenvalue weighted by molar-refractivity contribution is 0.0927. The molecule has 0 aliphatic carbocycles. The molecule has 0 fully saturated rings. The van der Waals surface area contributed by atoms with Gasteiger partial charge in [0.25, 0.3) is 0 Å². The quantitative estimate of drug-likeness (QED) is 0.635. The predicted molar refractivity (Wildman–Crippen MR) is 48.6 cm³/mol. The monoisotopic (exact) mass is 191 g/mol. The van der Waals surface area contributed by atoms with Gasteiger partial charge in [0.15, 0.2) is 0 Å². The Morgan fingerprint density at radius 1 is 1.77 bits per heavy atom. The standard InChI is InChI=1S/C8H5N3OS/c1-5(12)11-8-6(4-10-11)2-7(3-9)13-8/h2,4H,1H3. The van der Waals surface area contributed by atoms with E-state index < -0.39 is 0 Å². The highest BCUT2D eigenvalue weighted by atomic mass is 32.1. The number of hydrogen-bond acceptors (Lipinski definition) is 4. The second kappa shape index (κ2) is 2.68. The molecule has 0 N–H and O–H groups in total. The summed E-state index contributed by atoms with van der Waals surface area (Å²) in [5.74, 6) is -0.138. The summed E-state index contributed by atoms with van der Waals surface area (Å²) in [4.78, 5) is 12.4. The van der Waals surface area contributed by atoms with Gasteiger partial charge < -0.3 is 0 Å². The van der Waals surface area contributed by atoms with E-state index >= 15 is 0 Å². The van der Waals surface area contributed by atoms with Crippen molar-refractivity contribution in [1.82, 2.24) is 9.78 Å². The van der Waals surface area contributed by atoms with Crippen LogP contribution < -0.4 is 0 Å². The van der Waals surface area contributed by atoms with E-state index in [1.54, 1.807) is 12.3 Å². The molecule has 0 amide bonds. The van der Waals surface area contributed by atoms with Gasteiger partial charge in [-0.1, -0.05) is 0 Å². The number of fused-ring (bicyclic) bond motifs is 1. The number of nitrogens with zero attached hydrogens (tertiary/aromatic N) is 3. The van der Waals surface area contributed by atoms with Crippen molar-refractivity contribution in [3.05, 3.63) is 17.1 Å². The number of carbonyl (C=O) groups excluding carboxylic acids is 1. The number of hydrogen-bond donors (Lipinski definition) is 0. The van der Waals surface area contributed by atoms with E-state index in [2.05, 4.69) is 5.10 Å². The smallest absolute Gasteiger partial charge is 0.245 e. The summed E-state index contributed by atoms with van der Waals surface area (Å²) in [6.45, 7) is 1.44. The van der Waals surface area contributed by atoms with Gasteiger partial charge in [0.05, 0.1) is 6.20 Å². The first kappa shape index (κ1) is 7.95. The van der Waals surface area contributed by atoms with Gasteiger partial charge in [-0.2, -0.15) is 15.0 Å². The molecule has 2 aromatic heterocycles. The van der Waals surface area contributed by atoms with Crippen molar-refractivity contribution in [1.29, 1.82) is 5.26 Å². The maximum atomic E-state index is 11.0. The van der Waals surface area contributed by atoms with Crippen LogP contribution in [0.4, 0.5) is 0 Å². The molecule has 2 aromatic rings. The summed E-state index contributed by atoms with van der Waals surface area (Å²) in [7, 11) is 0. The second-order valence-electron chi connectivity index (χ2n) is 2.56. The van der Waals surface area contributed by atoms with Crippen molar-refractivity contribution < 1.29 is 4.79 Å². The minimum atomic E-state index is -0.138. The SMILES string of the molecule is CC(=O)n1ncc2cc(C#N)sc21. The van der Waals surface area contributed by atoms with E-state index in [1.807, 2.05) is 6.07 Å². The van der Waals surface area contributed by atoms with Gasteiger partial charge in [-0.3, -0.25) is 4.79 Å². The molecule has 2 heterocycles. The molecule has 0 aliphatic rings. The van der Waals surface area contributed by atoms with Crippen LogP contribution in [-0.2, 0) is 0 Å². The molecule has 0 saturated heterocycles. The van der Waals surface area contributed by atoms with Crippen molar-refractivity contribution in [2.75, 3.05) is 0 Å². The lowest BCUT2D eigenvalue weighted by Crippen LogP contribution is -2.05. The lowest BCUT2D eigenvalue weighted by atomic mass is 10.4. The summed E-state index contributed by atoms with van der Waals surface area (Å²) < 4.78 is 1.31. The zero-order valence-electron chi connectivity index (χ0n) is 6.81. The average Bonchev–Trinajstić information content (AvgIpc) is 2.59. The fraction of sp³-hybridized carbons (Fsp3) is 0.125. The minimum absolute atomic E-state index is 0.138. The highest BCUT2D eigenvalue weighted by molar-refractivity contribution is 7.19. The average molecular weight is 191 g/mol. The summed E-state index contributed by atoms with van der Waals surface area (Å²) >= 11 is 1.28. The van der Waals surface area contributed by atoms with Gasteiger partial charge in [-0.15, -0.1) is 11.3 Å². The molecule has 13 heavy (non-hydrogen) atoms. The maximum absolute atomic E-state index is 11.0. The van der Waals surface area contributed by atoms with Crippen LogP contribution in [0, 0.1) is 11.3 Å². The third-order valence-electron chi connectivity index (χ3n) is 1.65. The predicted octanol–water partition coefficient (Wildman–Crippen LogP) is 1.63. The van der Waals surface area contributed by atoms with E-state index in [1.165, 1.54) is 22.9 Å². The fourth-order valence-corrected chi connectivity index (χ4v) is 2.04. The topological polar surface area (TPSA) is 58.7 Å². The normalized spacial score (nSPS) is 10.2. The maximum Gasteiger partial charge on any atom is 0.245 e. The highest BCUT2D eigenvalue weighted by Crippen LogP contribution is 2.24. The molecular formula is C8H5N3OS. The van der Waals surface area contributed by atoms with Crippen molar-refractivity contribution in [2.24, 2.45) is 0 Å². The summed E-state index contributed by atoms with van der Waals surface area (Å²) in [5, 5.41) is 13.4. The lowest BCUT2D eigenvalue weighted by Gasteiger charge is -1.90. The molecule has 2 rings (SSSR count). The molecule has 0 atom stereocenters. The minimum Gasteiger partial charge on any atom is -0.273 e. The van der Waals surface area contributed by atoms with Gasteiger partial charge in [0.1, 0.15) is 15.8 Å². The van der Waals surface area contributed by atoms with Crippen molar-refractivity contribution in [2.45, 2.75) is 6.92 Å². The van der Waals surface area contributed by atoms with E-state index in [9.17, 15) is 4.79 Å². The van der Waals surface area contributed by atoms with Gasteiger partial charge in [0, 0.05) is 12.3 Å². The van der Waals surface area contributed by atoms with Gasteiger partial charge in [-0.25, -0.2) is 0 Å². The van der Waals surface area contributed by atoms with Crippen LogP contribution in [0.5, 0.6) is 0 Å². The molecule has 0 radical (unpaired) electrons. The third kappa shape index (κ3) is 1.12. The molecular weight excluding hydrogens is 186 g/mol. The van der Waals surface area contributed by atoms with Crippen LogP contribution in [0.25, 0.3) is 10.2 Å². The zero-order valence-corrected chi connectivity index (χ0v) is 7.63. The van der Waals surface area contributed by atoms with E-state index in [0.717, 1.165) is 10.2 Å². The number of rotatable bonds is 0. The zero-order chi connectivity index (χ0) is 9.42. The van der Waals surface area contributed by atoms with Gasteiger partial charge in [0.2, 0.25) is 5.91 Å². The molecule has 0 aromatic carbocycles. The fourth-order valence-electron chi connectivity index (χ4n) is 1.11. The molecule has 0 saturated carbocycles. The first-order valence-electron chi connectivity index (χ1n) is 3.61. The molecule has 4 nitrogen and oxygen atoms in total. The van der Waals surface area contributed by atoms with E-state index in [4.69, 9.17) is 5.26 Å². The van der Waals surface area contributed by atoms with Crippen LogP contribution in [0.2, 0.25) is 0 Å². The summed E-state index contributed by atoms with van der Waals surface area (Å²) in [6.07, 6.45) is 1.59. The Morgan fingerprint density at radius 3 is 3.15 bits per heavy atom. The van der Waals surface area contributed by atoms with E-state index in [0.29, 0.717) is 4.88 Å². The highest BCUT2D eigenvalue weighted by Gasteiger charge is 2.09. The number of carbonyl (C=O) groups is 1. The first-order chi connectivity index (χ1) is 6.22. The second-order valence-corrected chi connectivity index (χ2v) is 3.59. The first-order valence-corrected chi connectivity index (χ1v) is 4.42. The third-order valence-corrected chi connectivity index (χ3v) is 2.68. The van der Waals surface area contributed by atoms with Crippen LogP contribution in [0.3, 0.4) is 0 Å². The Labute approximate surface area is 78.0 Å². The van der Waals surface area contributed by atoms with Gasteiger partial charge in [-0.05, 0) is 6.07 Å². The summed E-state index contributed by atoms with van der Waals surface area (Å²) in [5.41, 5.74) is 0. The van der Waals surface area contributed by atoms with Crippen molar-refractivity contribution >= 4 is 27.5 Å². The summed E-state index contributed by atoms with van der Waals surface area (Å²) in [6, 6.07) is 3.76. The van der Waals surface area contributed by atoms with Crippen LogP contribution >= 0.6 is 11.3 Å². The number of aromatic nitrogens is 2. The van der Waals surface area contributed by atoms with Crippen LogP contribution in [0.1, 0.15) is 16.6 Å². The van der Waals surface area contributed by atoms with Crippen molar-refractivity contribution in [3.8, 4) is 6.07 Å². The molecule has 0 bridgehead atoms. The Morgan fingerprint density at radius 2 is 2.54 bits per heavy atom. The molecule has 0 spiro atoms. The Balaban J connectivity index is 2.74. The van der Waals surface area contributed by atoms with Crippen LogP contribution in [-0.4, -0.2) is 15.7 Å². The molecule has 5 heteroatoms. The Hall–Kier alpha value is -1.67. The Kier molecular flexibility index (Phi) is 1.64. The van der Waals surface area contributed by atoms with Crippen molar-refractivity contribution in [3.63, 3.8) is 0 Å². The molecule has 64 valence electrons. The molecule has 0 unspecified atom stereocenters. The Bertz CT molecular complexity index is 517.